The lowest BCUT2D eigenvalue weighted by Gasteiger charge is -2.29. The number of hydrogen-bond donors (Lipinski definition) is 1. The van der Waals surface area contributed by atoms with Crippen LogP contribution in [-0.4, -0.2) is 85.2 Å². The molecule has 4 rings (SSSR count). The van der Waals surface area contributed by atoms with Crippen molar-refractivity contribution in [1.82, 2.24) is 20.1 Å². The van der Waals surface area contributed by atoms with E-state index >= 15 is 0 Å². The molecule has 0 unspecified atom stereocenters. The quantitative estimate of drug-likeness (QED) is 0.775. The Kier molecular flexibility index (Phi) is 5.42. The first-order chi connectivity index (χ1) is 13.1. The summed E-state index contributed by atoms with van der Waals surface area (Å²) in [5.74, 6) is 0.393. The first-order valence-corrected chi connectivity index (χ1v) is 9.57. The fourth-order valence-electron chi connectivity index (χ4n) is 3.73. The van der Waals surface area contributed by atoms with Crippen LogP contribution in [0, 0.1) is 0 Å². The van der Waals surface area contributed by atoms with Gasteiger partial charge in [-0.3, -0.25) is 9.59 Å². The molecule has 148 valence electrons. The molecule has 2 amide bonds. The van der Waals surface area contributed by atoms with Crippen LogP contribution in [0.1, 0.15) is 35.0 Å². The summed E-state index contributed by atoms with van der Waals surface area (Å²) >= 11 is 0. The smallest absolute Gasteiger partial charge is 0.307 e. The number of carbonyl (C=O) groups is 2. The lowest BCUT2D eigenvalue weighted by molar-refractivity contribution is -0.142. The Labute approximate surface area is 158 Å². The summed E-state index contributed by atoms with van der Waals surface area (Å²) in [6, 6.07) is 0. The zero-order valence-electron chi connectivity index (χ0n) is 15.6. The maximum atomic E-state index is 12.5. The molecular weight excluding hydrogens is 352 g/mol. The number of morpholine rings is 1. The van der Waals surface area contributed by atoms with Gasteiger partial charge in [-0.15, -0.1) is 0 Å². The van der Waals surface area contributed by atoms with Crippen LogP contribution < -0.4 is 5.32 Å². The molecule has 0 spiro atoms. The predicted octanol–water partition coefficient (Wildman–Crippen LogP) is -0.201. The maximum absolute atomic E-state index is 12.5. The van der Waals surface area contributed by atoms with Crippen molar-refractivity contribution in [2.45, 2.75) is 38.0 Å². The third-order valence-electron chi connectivity index (χ3n) is 5.27. The van der Waals surface area contributed by atoms with Gasteiger partial charge in [0, 0.05) is 39.2 Å². The van der Waals surface area contributed by atoms with Crippen molar-refractivity contribution >= 4 is 11.8 Å². The molecule has 0 radical (unpaired) electrons. The third kappa shape index (κ3) is 4.15. The average Bonchev–Trinajstić information content (AvgIpc) is 3.34. The lowest BCUT2D eigenvalue weighted by Crippen LogP contribution is -2.46. The summed E-state index contributed by atoms with van der Waals surface area (Å²) in [6.07, 6.45) is 1.88. The Morgan fingerprint density at radius 2 is 2.15 bits per heavy atom. The van der Waals surface area contributed by atoms with Gasteiger partial charge in [-0.25, -0.2) is 4.98 Å². The van der Waals surface area contributed by atoms with Gasteiger partial charge < -0.3 is 29.0 Å². The monoisotopic (exact) mass is 378 g/mol. The third-order valence-corrected chi connectivity index (χ3v) is 5.27. The molecule has 1 N–H and O–H groups in total. The summed E-state index contributed by atoms with van der Waals surface area (Å²) < 4.78 is 16.8. The van der Waals surface area contributed by atoms with Crippen molar-refractivity contribution in [2.75, 3.05) is 46.4 Å². The van der Waals surface area contributed by atoms with Gasteiger partial charge in [-0.2, -0.15) is 0 Å². The summed E-state index contributed by atoms with van der Waals surface area (Å²) in [5, 5.41) is 2.83. The number of rotatable bonds is 4. The van der Waals surface area contributed by atoms with E-state index in [1.54, 1.807) is 4.90 Å². The van der Waals surface area contributed by atoms with E-state index in [1.165, 1.54) is 0 Å². The number of carbonyl (C=O) groups excluding carboxylic acids is 2. The Hall–Kier alpha value is -1.97. The number of nitrogens with zero attached hydrogens (tertiary/aromatic N) is 3. The molecule has 0 bridgehead atoms. The minimum Gasteiger partial charge on any atom is -0.437 e. The first kappa shape index (κ1) is 18.4. The van der Waals surface area contributed by atoms with Crippen molar-refractivity contribution in [1.29, 1.82) is 0 Å². The molecule has 2 fully saturated rings. The van der Waals surface area contributed by atoms with Crippen LogP contribution in [0.25, 0.3) is 0 Å². The SMILES string of the molecule is CN1CCO[C@@H](CNC(=O)c2nc3c(o2)CCN(C(=O)[C@H]2CCCO2)C3)C1. The molecule has 27 heavy (non-hydrogen) atoms. The zero-order chi connectivity index (χ0) is 18.8. The van der Waals surface area contributed by atoms with E-state index in [-0.39, 0.29) is 29.9 Å². The predicted molar refractivity (Wildman–Crippen MR) is 94.2 cm³/mol. The molecule has 1 aromatic heterocycles. The topological polar surface area (TPSA) is 97.1 Å². The molecular formula is C18H26N4O5. The van der Waals surface area contributed by atoms with E-state index in [1.807, 2.05) is 7.05 Å². The Bertz CT molecular complexity index is 700. The second-order valence-corrected chi connectivity index (χ2v) is 7.37. The van der Waals surface area contributed by atoms with Crippen molar-refractivity contribution in [2.24, 2.45) is 0 Å². The van der Waals surface area contributed by atoms with Gasteiger partial charge in [0.05, 0.1) is 19.3 Å². The van der Waals surface area contributed by atoms with Crippen molar-refractivity contribution < 1.29 is 23.5 Å². The second-order valence-electron chi connectivity index (χ2n) is 7.37. The van der Waals surface area contributed by atoms with E-state index in [0.29, 0.717) is 50.7 Å². The minimum absolute atomic E-state index is 0.00530. The highest BCUT2D eigenvalue weighted by molar-refractivity contribution is 5.89. The van der Waals surface area contributed by atoms with Gasteiger partial charge in [-0.1, -0.05) is 0 Å². The number of aromatic nitrogens is 1. The van der Waals surface area contributed by atoms with Gasteiger partial charge in [0.1, 0.15) is 17.6 Å². The van der Waals surface area contributed by atoms with E-state index in [9.17, 15) is 9.59 Å². The standard InChI is InChI=1S/C18H26N4O5/c1-21-6-8-25-12(10-21)9-19-16(23)17-20-13-11-22(5-4-14(13)27-17)18(24)15-3-2-7-26-15/h12,15H,2-11H2,1H3,(H,19,23)/t12-,15+/m0/s1. The molecule has 0 saturated carbocycles. The number of hydrogen-bond acceptors (Lipinski definition) is 7. The first-order valence-electron chi connectivity index (χ1n) is 9.57. The summed E-state index contributed by atoms with van der Waals surface area (Å²) in [7, 11) is 2.03. The van der Waals surface area contributed by atoms with E-state index in [0.717, 1.165) is 25.9 Å². The molecule has 2 atom stereocenters. The molecule has 0 aromatic carbocycles. The van der Waals surface area contributed by atoms with Crippen molar-refractivity contribution in [3.05, 3.63) is 17.3 Å². The molecule has 3 aliphatic heterocycles. The number of amides is 2. The van der Waals surface area contributed by atoms with Gasteiger partial charge >= 0.3 is 5.91 Å². The Morgan fingerprint density at radius 1 is 1.26 bits per heavy atom. The number of fused-ring (bicyclic) bond motifs is 1. The molecule has 2 saturated heterocycles. The van der Waals surface area contributed by atoms with Crippen molar-refractivity contribution in [3.8, 4) is 0 Å². The fourth-order valence-corrected chi connectivity index (χ4v) is 3.73. The average molecular weight is 378 g/mol. The van der Waals surface area contributed by atoms with Crippen LogP contribution >= 0.6 is 0 Å². The molecule has 1 aromatic rings. The molecule has 4 heterocycles. The van der Waals surface area contributed by atoms with E-state index in [2.05, 4.69) is 15.2 Å². The number of nitrogens with one attached hydrogen (secondary N) is 1. The Morgan fingerprint density at radius 3 is 2.93 bits per heavy atom. The van der Waals surface area contributed by atoms with Gasteiger partial charge in [0.2, 0.25) is 0 Å². The van der Waals surface area contributed by atoms with Crippen LogP contribution in [0.15, 0.2) is 4.42 Å². The zero-order valence-corrected chi connectivity index (χ0v) is 15.6. The van der Waals surface area contributed by atoms with E-state index < -0.39 is 0 Å². The van der Waals surface area contributed by atoms with Crippen molar-refractivity contribution in [3.63, 3.8) is 0 Å². The molecule has 0 aliphatic carbocycles. The van der Waals surface area contributed by atoms with Gasteiger partial charge in [-0.05, 0) is 19.9 Å². The highest BCUT2D eigenvalue weighted by Gasteiger charge is 2.33. The van der Waals surface area contributed by atoms with E-state index in [4.69, 9.17) is 13.9 Å². The van der Waals surface area contributed by atoms with Gasteiger partial charge in [0.25, 0.3) is 11.8 Å². The number of likely N-dealkylation sites (N-methyl/N-ethyl adjacent to an activating group) is 1. The van der Waals surface area contributed by atoms with Crippen LogP contribution in [0.4, 0.5) is 0 Å². The molecule has 3 aliphatic rings. The second kappa shape index (κ2) is 7.95. The number of ether oxygens (including phenoxy) is 2. The normalized spacial score (nSPS) is 26.0. The van der Waals surface area contributed by atoms with Crippen LogP contribution in [0.2, 0.25) is 0 Å². The summed E-state index contributed by atoms with van der Waals surface area (Å²) in [4.78, 5) is 33.1. The van der Waals surface area contributed by atoms with Gasteiger partial charge in [0.15, 0.2) is 0 Å². The lowest BCUT2D eigenvalue weighted by atomic mass is 10.1. The highest BCUT2D eigenvalue weighted by Crippen LogP contribution is 2.23. The summed E-state index contributed by atoms with van der Waals surface area (Å²) in [6.45, 7) is 4.33. The van der Waals surface area contributed by atoms with Crippen LogP contribution in [-0.2, 0) is 27.2 Å². The highest BCUT2D eigenvalue weighted by atomic mass is 16.5. The number of oxazole rings is 1. The Balaban J connectivity index is 1.33. The molecule has 9 heteroatoms. The van der Waals surface area contributed by atoms with Crippen LogP contribution in [0.3, 0.4) is 0 Å². The summed E-state index contributed by atoms with van der Waals surface area (Å²) in [5.41, 5.74) is 0.659. The van der Waals surface area contributed by atoms with Crippen LogP contribution in [0.5, 0.6) is 0 Å². The fraction of sp³-hybridized carbons (Fsp3) is 0.722. The minimum atomic E-state index is -0.349. The largest absolute Gasteiger partial charge is 0.437 e. The molecule has 9 nitrogen and oxygen atoms in total. The maximum Gasteiger partial charge on any atom is 0.307 e.